The van der Waals surface area contributed by atoms with E-state index in [0.717, 1.165) is 25.9 Å². The minimum atomic E-state index is 0.287. The van der Waals surface area contributed by atoms with Crippen LogP contribution in [0.3, 0.4) is 0 Å². The third-order valence-corrected chi connectivity index (χ3v) is 2.81. The van der Waals surface area contributed by atoms with Gasteiger partial charge in [0.1, 0.15) is 0 Å². The number of nitrogens with one attached hydrogen (secondary N) is 2. The van der Waals surface area contributed by atoms with Gasteiger partial charge in [-0.05, 0) is 32.9 Å². The zero-order chi connectivity index (χ0) is 12.1. The molecule has 1 unspecified atom stereocenters. The lowest BCUT2D eigenvalue weighted by molar-refractivity contribution is -0.110. The number of hydrogen-bond acceptors (Lipinski definition) is 2. The summed E-state index contributed by atoms with van der Waals surface area (Å²) in [5.41, 5.74) is 0. The van der Waals surface area contributed by atoms with Crippen LogP contribution in [0.25, 0.3) is 0 Å². The molecule has 0 aromatic rings. The van der Waals surface area contributed by atoms with Gasteiger partial charge in [0.05, 0.1) is 0 Å². The molecule has 0 saturated carbocycles. The first-order valence-corrected chi connectivity index (χ1v) is 6.71. The molecule has 0 bridgehead atoms. The molecule has 0 aromatic heterocycles. The predicted octanol–water partition coefficient (Wildman–Crippen LogP) is 2.46. The van der Waals surface area contributed by atoms with Crippen LogP contribution in [0.4, 0.5) is 0 Å². The van der Waals surface area contributed by atoms with Crippen molar-refractivity contribution in [2.24, 2.45) is 0 Å². The third-order valence-electron chi connectivity index (χ3n) is 2.81. The summed E-state index contributed by atoms with van der Waals surface area (Å²) >= 11 is 0. The molecule has 3 nitrogen and oxygen atoms in total. The molecule has 96 valence electrons. The highest BCUT2D eigenvalue weighted by Crippen LogP contribution is 2.03. The van der Waals surface area contributed by atoms with Crippen molar-refractivity contribution in [1.82, 2.24) is 10.6 Å². The van der Waals surface area contributed by atoms with Gasteiger partial charge in [-0.1, -0.05) is 39.0 Å². The van der Waals surface area contributed by atoms with E-state index in [0.29, 0.717) is 0 Å². The normalized spacial score (nSPS) is 12.4. The van der Waals surface area contributed by atoms with Gasteiger partial charge in [0.15, 0.2) is 0 Å². The van der Waals surface area contributed by atoms with Crippen LogP contribution in [0.5, 0.6) is 0 Å². The van der Waals surface area contributed by atoms with Crippen LogP contribution in [-0.2, 0) is 4.79 Å². The molecule has 1 amide bonds. The molecule has 0 spiro atoms. The van der Waals surface area contributed by atoms with Crippen molar-refractivity contribution in [2.75, 3.05) is 13.1 Å². The summed E-state index contributed by atoms with van der Waals surface area (Å²) in [5, 5.41) is 6.16. The van der Waals surface area contributed by atoms with E-state index in [9.17, 15) is 4.79 Å². The molecule has 3 heteroatoms. The first-order valence-electron chi connectivity index (χ1n) is 6.71. The van der Waals surface area contributed by atoms with E-state index in [4.69, 9.17) is 0 Å². The minimum Gasteiger partial charge on any atom is -0.356 e. The average molecular weight is 228 g/mol. The highest BCUT2D eigenvalue weighted by Gasteiger charge is 1.97. The molecule has 0 fully saturated rings. The fourth-order valence-corrected chi connectivity index (χ4v) is 1.67. The second-order valence-electron chi connectivity index (χ2n) is 4.49. The van der Waals surface area contributed by atoms with Gasteiger partial charge in [-0.25, -0.2) is 0 Å². The Morgan fingerprint density at radius 3 is 2.44 bits per heavy atom. The van der Waals surface area contributed by atoms with Crippen LogP contribution < -0.4 is 10.6 Å². The predicted molar refractivity (Wildman–Crippen MR) is 69.5 cm³/mol. The molecule has 1 atom stereocenters. The summed E-state index contributed by atoms with van der Waals surface area (Å²) in [6, 6.07) is 0.287. The highest BCUT2D eigenvalue weighted by molar-refractivity contribution is 5.46. The SMILES string of the molecule is CCCCCCCCNCCC(C)NC=O. The van der Waals surface area contributed by atoms with E-state index >= 15 is 0 Å². The van der Waals surface area contributed by atoms with Crippen LogP contribution >= 0.6 is 0 Å². The monoisotopic (exact) mass is 228 g/mol. The molecule has 0 rings (SSSR count). The van der Waals surface area contributed by atoms with Gasteiger partial charge in [0, 0.05) is 6.04 Å². The third kappa shape index (κ3) is 11.5. The van der Waals surface area contributed by atoms with E-state index in [1.807, 2.05) is 6.92 Å². The van der Waals surface area contributed by atoms with Gasteiger partial charge >= 0.3 is 0 Å². The molecular weight excluding hydrogens is 200 g/mol. The Morgan fingerprint density at radius 1 is 1.06 bits per heavy atom. The zero-order valence-electron chi connectivity index (χ0n) is 10.9. The molecule has 2 N–H and O–H groups in total. The van der Waals surface area contributed by atoms with E-state index in [-0.39, 0.29) is 6.04 Å². The van der Waals surface area contributed by atoms with Crippen LogP contribution in [0.2, 0.25) is 0 Å². The molecule has 0 aromatic carbocycles. The number of carbonyl (C=O) groups is 1. The number of unbranched alkanes of at least 4 members (excludes halogenated alkanes) is 5. The Labute approximate surface area is 100 Å². The zero-order valence-corrected chi connectivity index (χ0v) is 10.9. The summed E-state index contributed by atoms with van der Waals surface area (Å²) < 4.78 is 0. The van der Waals surface area contributed by atoms with Crippen LogP contribution in [0.15, 0.2) is 0 Å². The van der Waals surface area contributed by atoms with Crippen molar-refractivity contribution < 1.29 is 4.79 Å². The van der Waals surface area contributed by atoms with Crippen molar-refractivity contribution >= 4 is 6.41 Å². The first kappa shape index (κ1) is 15.4. The fourth-order valence-electron chi connectivity index (χ4n) is 1.67. The van der Waals surface area contributed by atoms with Crippen molar-refractivity contribution in [2.45, 2.75) is 64.8 Å². The summed E-state index contributed by atoms with van der Waals surface area (Å²) in [5.74, 6) is 0. The molecule has 0 aliphatic carbocycles. The van der Waals surface area contributed by atoms with Crippen molar-refractivity contribution in [1.29, 1.82) is 0 Å². The number of hydrogen-bond donors (Lipinski definition) is 2. The molecule has 0 heterocycles. The highest BCUT2D eigenvalue weighted by atomic mass is 16.1. The van der Waals surface area contributed by atoms with Crippen molar-refractivity contribution in [3.8, 4) is 0 Å². The van der Waals surface area contributed by atoms with Gasteiger partial charge in [-0.15, -0.1) is 0 Å². The fraction of sp³-hybridized carbons (Fsp3) is 0.923. The maximum absolute atomic E-state index is 10.1. The summed E-state index contributed by atoms with van der Waals surface area (Å²) in [7, 11) is 0. The largest absolute Gasteiger partial charge is 0.356 e. The molecule has 0 saturated heterocycles. The van der Waals surface area contributed by atoms with Crippen LogP contribution in [0.1, 0.15) is 58.8 Å². The Balaban J connectivity index is 3.00. The topological polar surface area (TPSA) is 41.1 Å². The molecular formula is C13H28N2O. The van der Waals surface area contributed by atoms with E-state index in [1.165, 1.54) is 38.5 Å². The smallest absolute Gasteiger partial charge is 0.207 e. The van der Waals surface area contributed by atoms with Gasteiger partial charge < -0.3 is 10.6 Å². The molecule has 0 aliphatic rings. The summed E-state index contributed by atoms with van der Waals surface area (Å²) in [6.45, 7) is 6.38. The Morgan fingerprint density at radius 2 is 1.75 bits per heavy atom. The van der Waals surface area contributed by atoms with E-state index in [2.05, 4.69) is 17.6 Å². The molecule has 0 radical (unpaired) electrons. The lowest BCUT2D eigenvalue weighted by Gasteiger charge is -2.10. The lowest BCUT2D eigenvalue weighted by atomic mass is 10.1. The average Bonchev–Trinajstić information content (AvgIpc) is 2.27. The Kier molecular flexibility index (Phi) is 12.1. The van der Waals surface area contributed by atoms with Gasteiger partial charge in [-0.2, -0.15) is 0 Å². The lowest BCUT2D eigenvalue weighted by Crippen LogP contribution is -2.29. The second kappa shape index (κ2) is 12.5. The van der Waals surface area contributed by atoms with Gasteiger partial charge in [-0.3, -0.25) is 4.79 Å². The van der Waals surface area contributed by atoms with Crippen LogP contribution in [0, 0.1) is 0 Å². The number of rotatable bonds is 12. The van der Waals surface area contributed by atoms with Crippen molar-refractivity contribution in [3.63, 3.8) is 0 Å². The number of carbonyl (C=O) groups excluding carboxylic acids is 1. The molecule has 0 aliphatic heterocycles. The standard InChI is InChI=1S/C13H28N2O/c1-3-4-5-6-7-8-10-14-11-9-13(2)15-12-16/h12-14H,3-11H2,1-2H3,(H,15,16). The van der Waals surface area contributed by atoms with E-state index < -0.39 is 0 Å². The summed E-state index contributed by atoms with van der Waals surface area (Å²) in [6.07, 6.45) is 9.86. The Hall–Kier alpha value is -0.570. The van der Waals surface area contributed by atoms with Gasteiger partial charge in [0.2, 0.25) is 6.41 Å². The summed E-state index contributed by atoms with van der Waals surface area (Å²) in [4.78, 5) is 10.1. The maximum Gasteiger partial charge on any atom is 0.207 e. The van der Waals surface area contributed by atoms with Gasteiger partial charge in [0.25, 0.3) is 0 Å². The second-order valence-corrected chi connectivity index (χ2v) is 4.49. The Bertz CT molecular complexity index is 151. The molecule has 16 heavy (non-hydrogen) atoms. The van der Waals surface area contributed by atoms with Crippen LogP contribution in [-0.4, -0.2) is 25.5 Å². The maximum atomic E-state index is 10.1. The number of amides is 1. The van der Waals surface area contributed by atoms with E-state index in [1.54, 1.807) is 0 Å². The van der Waals surface area contributed by atoms with Crippen molar-refractivity contribution in [3.05, 3.63) is 0 Å². The first-order chi connectivity index (χ1) is 7.81. The quantitative estimate of drug-likeness (QED) is 0.398. The minimum absolute atomic E-state index is 0.287.